The monoisotopic (exact) mass is 647 g/mol. The van der Waals surface area contributed by atoms with Crippen LogP contribution < -0.4 is 20.1 Å². The van der Waals surface area contributed by atoms with Gasteiger partial charge in [0.15, 0.2) is 5.75 Å². The molecule has 42 heavy (non-hydrogen) atoms. The molecule has 0 saturated carbocycles. The molecule has 3 aromatic carbocycles. The Balaban J connectivity index is 0.000000616. The smallest absolute Gasteiger partial charge is 0.475 e. The van der Waals surface area contributed by atoms with Gasteiger partial charge in [-0.25, -0.2) is 13.2 Å². The van der Waals surface area contributed by atoms with E-state index < -0.39 is 22.2 Å². The lowest BCUT2D eigenvalue weighted by Crippen LogP contribution is -2.35. The number of nitrogens with one attached hydrogen (secondary N) is 3. The number of amides is 1. The molecule has 1 aliphatic rings. The minimum absolute atomic E-state index is 0.0201. The van der Waals surface area contributed by atoms with E-state index in [1.165, 1.54) is 30.3 Å². The van der Waals surface area contributed by atoms with Crippen molar-refractivity contribution in [2.75, 3.05) is 24.4 Å². The number of para-hydroxylation sites is 2. The summed E-state index contributed by atoms with van der Waals surface area (Å²) in [6.45, 7) is 2.53. The standard InChI is InChI=1S/C25H25Cl2N3O4S.C2HF3O2/c26-19-7-10-23(21(27)15-19)34-24-4-2-1-3-22(24)30-35(32,33)20-8-5-18(6-9-20)25(31)29-16-17-11-13-28-14-12-17;3-2(4,5)1(6)7/h1-10,15,17,28,30H,11-14,16H2,(H,29,31);(H,6,7). The number of piperidine rings is 1. The van der Waals surface area contributed by atoms with Gasteiger partial charge in [0.1, 0.15) is 5.75 Å². The molecule has 0 spiro atoms. The number of hydrogen-bond acceptors (Lipinski definition) is 6. The normalized spacial score (nSPS) is 13.8. The Labute approximate surface area is 250 Å². The fraction of sp³-hybridized carbons (Fsp3) is 0.259. The predicted molar refractivity (Wildman–Crippen MR) is 152 cm³/mol. The third-order valence-corrected chi connectivity index (χ3v) is 7.84. The number of carboxylic acid groups (broad SMARTS) is 1. The summed E-state index contributed by atoms with van der Waals surface area (Å²) >= 11 is 12.1. The second kappa shape index (κ2) is 14.6. The molecule has 0 aliphatic carbocycles. The third kappa shape index (κ3) is 9.79. The summed E-state index contributed by atoms with van der Waals surface area (Å²) in [7, 11) is -3.94. The van der Waals surface area contributed by atoms with E-state index in [0.717, 1.165) is 25.9 Å². The van der Waals surface area contributed by atoms with Gasteiger partial charge in [0, 0.05) is 17.1 Å². The highest BCUT2D eigenvalue weighted by molar-refractivity contribution is 7.92. The number of ether oxygens (including phenoxy) is 1. The number of aliphatic carboxylic acids is 1. The molecule has 0 atom stereocenters. The number of carbonyl (C=O) groups is 2. The van der Waals surface area contributed by atoms with Crippen molar-refractivity contribution in [1.29, 1.82) is 0 Å². The van der Waals surface area contributed by atoms with E-state index in [1.54, 1.807) is 36.4 Å². The molecule has 0 bridgehead atoms. The van der Waals surface area contributed by atoms with Gasteiger partial charge in [0.05, 0.1) is 15.6 Å². The number of benzene rings is 3. The molecular weight excluding hydrogens is 622 g/mol. The molecule has 4 rings (SSSR count). The topological polar surface area (TPSA) is 134 Å². The first-order chi connectivity index (χ1) is 19.8. The maximum absolute atomic E-state index is 13.0. The third-order valence-electron chi connectivity index (χ3n) is 5.92. The Morgan fingerprint density at radius 1 is 0.976 bits per heavy atom. The van der Waals surface area contributed by atoms with Crippen LogP contribution in [-0.4, -0.2) is 51.2 Å². The van der Waals surface area contributed by atoms with Crippen LogP contribution in [0.5, 0.6) is 11.5 Å². The second-order valence-corrected chi connectivity index (χ2v) is 11.5. The number of hydrogen-bond donors (Lipinski definition) is 4. The average Bonchev–Trinajstić information content (AvgIpc) is 2.94. The summed E-state index contributed by atoms with van der Waals surface area (Å²) in [6.07, 6.45) is -3.03. The number of rotatable bonds is 8. The first-order valence-corrected chi connectivity index (χ1v) is 14.6. The van der Waals surface area contributed by atoms with Gasteiger partial charge >= 0.3 is 12.1 Å². The molecule has 1 saturated heterocycles. The van der Waals surface area contributed by atoms with Crippen molar-refractivity contribution in [3.63, 3.8) is 0 Å². The number of sulfonamides is 1. The zero-order valence-corrected chi connectivity index (χ0v) is 24.1. The predicted octanol–water partition coefficient (Wildman–Crippen LogP) is 5.95. The lowest BCUT2D eigenvalue weighted by Gasteiger charge is -2.22. The summed E-state index contributed by atoms with van der Waals surface area (Å²) in [5, 5.41) is 14.1. The van der Waals surface area contributed by atoms with Crippen molar-refractivity contribution in [3.8, 4) is 11.5 Å². The van der Waals surface area contributed by atoms with Crippen LogP contribution in [-0.2, 0) is 14.8 Å². The molecule has 1 amide bonds. The molecule has 0 radical (unpaired) electrons. The Hall–Kier alpha value is -3.52. The lowest BCUT2D eigenvalue weighted by molar-refractivity contribution is -0.192. The number of halogens is 5. The Kier molecular flexibility index (Phi) is 11.5. The summed E-state index contributed by atoms with van der Waals surface area (Å²) in [5.74, 6) is -1.92. The first kappa shape index (κ1) is 33.0. The molecule has 0 unspecified atom stereocenters. The van der Waals surface area contributed by atoms with Gasteiger partial charge in [-0.05, 0) is 86.4 Å². The van der Waals surface area contributed by atoms with E-state index in [1.807, 2.05) is 0 Å². The SMILES string of the molecule is O=C(NCC1CCNCC1)c1ccc(S(=O)(=O)Nc2ccccc2Oc2ccc(Cl)cc2Cl)cc1.O=C(O)C(F)(F)F. The second-order valence-electron chi connectivity index (χ2n) is 9.01. The van der Waals surface area contributed by atoms with Crippen LogP contribution in [0.2, 0.25) is 10.0 Å². The van der Waals surface area contributed by atoms with E-state index in [4.69, 9.17) is 37.8 Å². The highest BCUT2D eigenvalue weighted by atomic mass is 35.5. The highest BCUT2D eigenvalue weighted by Crippen LogP contribution is 2.35. The Morgan fingerprint density at radius 3 is 2.19 bits per heavy atom. The van der Waals surface area contributed by atoms with Gasteiger partial charge < -0.3 is 20.5 Å². The van der Waals surface area contributed by atoms with Crippen LogP contribution in [0.4, 0.5) is 18.9 Å². The molecule has 0 aromatic heterocycles. The van der Waals surface area contributed by atoms with Crippen LogP contribution in [0.15, 0.2) is 71.6 Å². The van der Waals surface area contributed by atoms with Crippen LogP contribution in [0.3, 0.4) is 0 Å². The average molecular weight is 648 g/mol. The quantitative estimate of drug-likeness (QED) is 0.237. The van der Waals surface area contributed by atoms with Crippen LogP contribution in [0, 0.1) is 5.92 Å². The zero-order chi connectivity index (χ0) is 30.9. The van der Waals surface area contributed by atoms with Gasteiger partial charge in [-0.3, -0.25) is 9.52 Å². The van der Waals surface area contributed by atoms with E-state index >= 15 is 0 Å². The number of anilines is 1. The van der Waals surface area contributed by atoms with E-state index in [9.17, 15) is 26.4 Å². The van der Waals surface area contributed by atoms with Crippen molar-refractivity contribution in [3.05, 3.63) is 82.3 Å². The fourth-order valence-electron chi connectivity index (χ4n) is 3.73. The molecular formula is C27H26Cl2F3N3O6S. The van der Waals surface area contributed by atoms with Crippen molar-refractivity contribution in [1.82, 2.24) is 10.6 Å². The van der Waals surface area contributed by atoms with Crippen LogP contribution in [0.25, 0.3) is 0 Å². The van der Waals surface area contributed by atoms with Crippen LogP contribution >= 0.6 is 23.2 Å². The zero-order valence-electron chi connectivity index (χ0n) is 21.8. The molecule has 9 nitrogen and oxygen atoms in total. The number of alkyl halides is 3. The van der Waals surface area contributed by atoms with E-state index in [0.29, 0.717) is 33.8 Å². The highest BCUT2D eigenvalue weighted by Gasteiger charge is 2.38. The molecule has 3 aromatic rings. The molecule has 1 aliphatic heterocycles. The fourth-order valence-corrected chi connectivity index (χ4v) is 5.25. The van der Waals surface area contributed by atoms with E-state index in [-0.39, 0.29) is 22.2 Å². The van der Waals surface area contributed by atoms with Gasteiger partial charge in [0.2, 0.25) is 0 Å². The first-order valence-electron chi connectivity index (χ1n) is 12.4. The number of carbonyl (C=O) groups excluding carboxylic acids is 1. The van der Waals surface area contributed by atoms with Gasteiger partial charge in [0.25, 0.3) is 15.9 Å². The minimum Gasteiger partial charge on any atom is -0.475 e. The van der Waals surface area contributed by atoms with Crippen molar-refractivity contribution in [2.24, 2.45) is 5.92 Å². The van der Waals surface area contributed by atoms with Crippen molar-refractivity contribution < 1.29 is 41.0 Å². The van der Waals surface area contributed by atoms with Crippen molar-refractivity contribution in [2.45, 2.75) is 23.9 Å². The molecule has 1 fully saturated rings. The maximum atomic E-state index is 13.0. The maximum Gasteiger partial charge on any atom is 0.490 e. The summed E-state index contributed by atoms with van der Waals surface area (Å²) < 4.78 is 66.1. The van der Waals surface area contributed by atoms with Gasteiger partial charge in [-0.15, -0.1) is 0 Å². The molecule has 4 N–H and O–H groups in total. The van der Waals surface area contributed by atoms with E-state index in [2.05, 4.69) is 15.4 Å². The lowest BCUT2D eigenvalue weighted by atomic mass is 9.98. The summed E-state index contributed by atoms with van der Waals surface area (Å²) in [6, 6.07) is 17.2. The van der Waals surface area contributed by atoms with Gasteiger partial charge in [-0.2, -0.15) is 13.2 Å². The van der Waals surface area contributed by atoms with Crippen LogP contribution in [0.1, 0.15) is 23.2 Å². The van der Waals surface area contributed by atoms with Gasteiger partial charge in [-0.1, -0.05) is 35.3 Å². The Morgan fingerprint density at radius 2 is 1.60 bits per heavy atom. The largest absolute Gasteiger partial charge is 0.490 e. The molecule has 226 valence electrons. The number of carboxylic acids is 1. The summed E-state index contributed by atoms with van der Waals surface area (Å²) in [5.41, 5.74) is 0.640. The minimum atomic E-state index is -5.08. The molecule has 1 heterocycles. The summed E-state index contributed by atoms with van der Waals surface area (Å²) in [4.78, 5) is 21.4. The Bertz CT molecular complexity index is 1500. The molecule has 15 heteroatoms. The van der Waals surface area contributed by atoms with Crippen molar-refractivity contribution >= 4 is 50.8 Å².